The van der Waals surface area contributed by atoms with Crippen molar-refractivity contribution in [3.05, 3.63) is 0 Å². The first-order valence-corrected chi connectivity index (χ1v) is 5.87. The molecule has 3 fully saturated rings. The summed E-state index contributed by atoms with van der Waals surface area (Å²) in [5.41, 5.74) is 0. The van der Waals surface area contributed by atoms with Gasteiger partial charge in [-0.15, -0.1) is 0 Å². The third kappa shape index (κ3) is 1.34. The molecule has 0 bridgehead atoms. The second kappa shape index (κ2) is 3.22. The van der Waals surface area contributed by atoms with Crippen LogP contribution in [0.15, 0.2) is 0 Å². The fourth-order valence-electron chi connectivity index (χ4n) is 3.59. The van der Waals surface area contributed by atoms with E-state index in [4.69, 9.17) is 0 Å². The second-order valence-electron chi connectivity index (χ2n) is 5.01. The highest BCUT2D eigenvalue weighted by atomic mass is 16.2. The van der Waals surface area contributed by atoms with Crippen molar-refractivity contribution in [3.8, 4) is 0 Å². The Hall–Kier alpha value is -1.06. The van der Waals surface area contributed by atoms with E-state index >= 15 is 0 Å². The molecule has 3 rings (SSSR count). The quantitative estimate of drug-likeness (QED) is 0.558. The minimum atomic E-state index is -0.451. The van der Waals surface area contributed by atoms with Gasteiger partial charge in [-0.25, -0.2) is 0 Å². The topological polar surface area (TPSA) is 58.2 Å². The van der Waals surface area contributed by atoms with Crippen LogP contribution in [-0.2, 0) is 9.59 Å². The Balaban J connectivity index is 1.82. The molecule has 2 amide bonds. The molecule has 2 aliphatic carbocycles. The smallest absolute Gasteiger partial charge is 0.309 e. The standard InChI is InChI=1S/C11H16N2O2/c14-10-11(15)13-9-7-3-1-2-6(7)4-5-8(9)12-10/h6-9H,1-5H2,(H,12,14)(H,13,15). The van der Waals surface area contributed by atoms with Crippen LogP contribution in [0.5, 0.6) is 0 Å². The molecule has 2 N–H and O–H groups in total. The minimum absolute atomic E-state index is 0.189. The predicted molar refractivity (Wildman–Crippen MR) is 53.9 cm³/mol. The highest BCUT2D eigenvalue weighted by Gasteiger charge is 2.46. The van der Waals surface area contributed by atoms with Gasteiger partial charge in [-0.05, 0) is 31.1 Å². The van der Waals surface area contributed by atoms with E-state index in [1.54, 1.807) is 0 Å². The molecule has 1 saturated heterocycles. The molecule has 4 nitrogen and oxygen atoms in total. The number of fused-ring (bicyclic) bond motifs is 3. The summed E-state index contributed by atoms with van der Waals surface area (Å²) in [7, 11) is 0. The predicted octanol–water partition coefficient (Wildman–Crippen LogP) is 0.180. The average molecular weight is 208 g/mol. The van der Waals surface area contributed by atoms with Crippen LogP contribution in [0.4, 0.5) is 0 Å². The number of hydrogen-bond acceptors (Lipinski definition) is 2. The highest BCUT2D eigenvalue weighted by Crippen LogP contribution is 2.42. The van der Waals surface area contributed by atoms with Gasteiger partial charge in [0.15, 0.2) is 0 Å². The third-order valence-corrected chi connectivity index (χ3v) is 4.28. The van der Waals surface area contributed by atoms with Crippen LogP contribution in [-0.4, -0.2) is 23.9 Å². The van der Waals surface area contributed by atoms with Crippen LogP contribution >= 0.6 is 0 Å². The van der Waals surface area contributed by atoms with Crippen LogP contribution < -0.4 is 10.6 Å². The van der Waals surface area contributed by atoms with Gasteiger partial charge in [-0.1, -0.05) is 12.8 Å². The van der Waals surface area contributed by atoms with Crippen molar-refractivity contribution in [2.75, 3.05) is 0 Å². The van der Waals surface area contributed by atoms with Crippen molar-refractivity contribution in [1.82, 2.24) is 10.6 Å². The largest absolute Gasteiger partial charge is 0.343 e. The van der Waals surface area contributed by atoms with Gasteiger partial charge in [0.1, 0.15) is 0 Å². The Morgan fingerprint density at radius 2 is 1.73 bits per heavy atom. The lowest BCUT2D eigenvalue weighted by atomic mass is 9.74. The van der Waals surface area contributed by atoms with E-state index in [2.05, 4.69) is 10.6 Å². The van der Waals surface area contributed by atoms with E-state index < -0.39 is 11.8 Å². The maximum absolute atomic E-state index is 11.3. The van der Waals surface area contributed by atoms with E-state index in [1.807, 2.05) is 0 Å². The zero-order chi connectivity index (χ0) is 10.4. The van der Waals surface area contributed by atoms with Crippen molar-refractivity contribution in [2.45, 2.75) is 44.2 Å². The molecule has 1 heterocycles. The van der Waals surface area contributed by atoms with Crippen LogP contribution in [0.2, 0.25) is 0 Å². The number of carbonyl (C=O) groups is 2. The molecule has 0 radical (unpaired) electrons. The van der Waals surface area contributed by atoms with Gasteiger partial charge in [0.2, 0.25) is 0 Å². The monoisotopic (exact) mass is 208 g/mol. The summed E-state index contributed by atoms with van der Waals surface area (Å²) in [5.74, 6) is 0.492. The number of carbonyl (C=O) groups excluding carboxylic acids is 2. The Bertz CT molecular complexity index is 316. The van der Waals surface area contributed by atoms with E-state index in [-0.39, 0.29) is 12.1 Å². The molecule has 0 aromatic carbocycles. The summed E-state index contributed by atoms with van der Waals surface area (Å²) >= 11 is 0. The molecule has 0 aromatic rings. The van der Waals surface area contributed by atoms with Crippen LogP contribution in [0.3, 0.4) is 0 Å². The van der Waals surface area contributed by atoms with Crippen molar-refractivity contribution < 1.29 is 9.59 Å². The van der Waals surface area contributed by atoms with E-state index in [9.17, 15) is 9.59 Å². The average Bonchev–Trinajstić information content (AvgIpc) is 2.68. The number of amides is 2. The molecule has 1 aliphatic heterocycles. The highest BCUT2D eigenvalue weighted by molar-refractivity contribution is 6.35. The van der Waals surface area contributed by atoms with Gasteiger partial charge in [-0.3, -0.25) is 9.59 Å². The molecular weight excluding hydrogens is 192 g/mol. The maximum Gasteiger partial charge on any atom is 0.309 e. The molecule has 4 atom stereocenters. The lowest BCUT2D eigenvalue weighted by molar-refractivity contribution is -0.143. The molecule has 82 valence electrons. The molecule has 4 heteroatoms. The molecule has 0 spiro atoms. The van der Waals surface area contributed by atoms with Crippen LogP contribution in [0, 0.1) is 11.8 Å². The van der Waals surface area contributed by atoms with Gasteiger partial charge in [0.05, 0.1) is 6.04 Å². The summed E-state index contributed by atoms with van der Waals surface area (Å²) in [6.45, 7) is 0. The summed E-state index contributed by atoms with van der Waals surface area (Å²) in [6.07, 6.45) is 6.03. The van der Waals surface area contributed by atoms with Gasteiger partial charge < -0.3 is 10.6 Å². The minimum Gasteiger partial charge on any atom is -0.343 e. The number of rotatable bonds is 0. The molecule has 15 heavy (non-hydrogen) atoms. The Morgan fingerprint density at radius 3 is 2.60 bits per heavy atom. The van der Waals surface area contributed by atoms with E-state index in [0.717, 1.165) is 12.3 Å². The van der Waals surface area contributed by atoms with Crippen molar-refractivity contribution in [1.29, 1.82) is 0 Å². The van der Waals surface area contributed by atoms with Gasteiger partial charge in [0.25, 0.3) is 0 Å². The second-order valence-corrected chi connectivity index (χ2v) is 5.01. The first kappa shape index (κ1) is 9.19. The van der Waals surface area contributed by atoms with Crippen molar-refractivity contribution in [2.24, 2.45) is 11.8 Å². The molecule has 2 saturated carbocycles. The first-order chi connectivity index (χ1) is 7.25. The van der Waals surface area contributed by atoms with Gasteiger partial charge in [0, 0.05) is 6.04 Å². The fourth-order valence-corrected chi connectivity index (χ4v) is 3.59. The SMILES string of the molecule is O=C1NC2CCC3CCCC3C2NC1=O. The molecular formula is C11H16N2O2. The number of nitrogens with one attached hydrogen (secondary N) is 2. The van der Waals surface area contributed by atoms with Crippen molar-refractivity contribution in [3.63, 3.8) is 0 Å². The van der Waals surface area contributed by atoms with Gasteiger partial charge >= 0.3 is 11.8 Å². The molecule has 3 aliphatic rings. The Morgan fingerprint density at radius 1 is 0.933 bits per heavy atom. The molecule has 4 unspecified atom stereocenters. The van der Waals surface area contributed by atoms with E-state index in [0.29, 0.717) is 5.92 Å². The molecule has 0 aromatic heterocycles. The van der Waals surface area contributed by atoms with Crippen LogP contribution in [0.25, 0.3) is 0 Å². The lowest BCUT2D eigenvalue weighted by Crippen LogP contribution is -2.66. The maximum atomic E-state index is 11.3. The summed E-state index contributed by atoms with van der Waals surface area (Å²) in [5, 5.41) is 5.72. The third-order valence-electron chi connectivity index (χ3n) is 4.28. The zero-order valence-electron chi connectivity index (χ0n) is 8.66. The normalized spacial score (nSPS) is 44.0. The van der Waals surface area contributed by atoms with Crippen LogP contribution in [0.1, 0.15) is 32.1 Å². The van der Waals surface area contributed by atoms with E-state index in [1.165, 1.54) is 25.7 Å². The summed E-state index contributed by atoms with van der Waals surface area (Å²) in [6, 6.07) is 0.394. The zero-order valence-corrected chi connectivity index (χ0v) is 8.66. The Kier molecular flexibility index (Phi) is 1.97. The fraction of sp³-hybridized carbons (Fsp3) is 0.818. The summed E-state index contributed by atoms with van der Waals surface area (Å²) < 4.78 is 0. The van der Waals surface area contributed by atoms with Crippen molar-refractivity contribution >= 4 is 11.8 Å². The number of hydrogen-bond donors (Lipinski definition) is 2. The van der Waals surface area contributed by atoms with Gasteiger partial charge in [-0.2, -0.15) is 0 Å². The lowest BCUT2D eigenvalue weighted by Gasteiger charge is -2.43. The first-order valence-electron chi connectivity index (χ1n) is 5.87. The summed E-state index contributed by atoms with van der Waals surface area (Å²) in [4.78, 5) is 22.5. The Labute approximate surface area is 88.8 Å². The number of piperazine rings is 1.